The molecule has 2 nitrogen and oxygen atoms in total. The third-order valence-corrected chi connectivity index (χ3v) is 4.47. The molecule has 1 aliphatic carbocycles. The number of rotatable bonds is 5. The first-order valence-electron chi connectivity index (χ1n) is 7.63. The summed E-state index contributed by atoms with van der Waals surface area (Å²) in [6.45, 7) is 4.64. The Hall–Kier alpha value is -0.860. The Labute approximate surface area is 118 Å². The fourth-order valence-electron chi connectivity index (χ4n) is 3.19. The molecule has 19 heavy (non-hydrogen) atoms. The quantitative estimate of drug-likeness (QED) is 0.882. The van der Waals surface area contributed by atoms with Gasteiger partial charge in [-0.1, -0.05) is 37.3 Å². The van der Waals surface area contributed by atoms with E-state index in [4.69, 9.17) is 5.73 Å². The van der Waals surface area contributed by atoms with E-state index in [1.807, 2.05) is 0 Å². The Bertz CT molecular complexity index is 363. The molecule has 2 N–H and O–H groups in total. The molecular formula is C17H28N2. The van der Waals surface area contributed by atoms with Crippen LogP contribution in [0.15, 0.2) is 30.3 Å². The summed E-state index contributed by atoms with van der Waals surface area (Å²) in [6.07, 6.45) is 4.95. The molecule has 1 fully saturated rings. The highest BCUT2D eigenvalue weighted by Crippen LogP contribution is 2.28. The van der Waals surface area contributed by atoms with E-state index in [2.05, 4.69) is 49.2 Å². The van der Waals surface area contributed by atoms with Crippen molar-refractivity contribution in [1.29, 1.82) is 0 Å². The molecule has 1 aromatic carbocycles. The van der Waals surface area contributed by atoms with Gasteiger partial charge in [-0.2, -0.15) is 0 Å². The predicted octanol–water partition coefficient (Wildman–Crippen LogP) is 2.92. The van der Waals surface area contributed by atoms with Crippen molar-refractivity contribution < 1.29 is 0 Å². The summed E-state index contributed by atoms with van der Waals surface area (Å²) >= 11 is 0. The Morgan fingerprint density at radius 3 is 2.68 bits per heavy atom. The second-order valence-corrected chi connectivity index (χ2v) is 6.34. The van der Waals surface area contributed by atoms with Crippen LogP contribution < -0.4 is 5.73 Å². The van der Waals surface area contributed by atoms with Gasteiger partial charge in [0.05, 0.1) is 0 Å². The minimum absolute atomic E-state index is 0.412. The number of nitrogens with zero attached hydrogens (tertiary/aromatic N) is 1. The molecule has 106 valence electrons. The van der Waals surface area contributed by atoms with Gasteiger partial charge in [-0.15, -0.1) is 0 Å². The van der Waals surface area contributed by atoms with Crippen LogP contribution in [0, 0.1) is 11.8 Å². The summed E-state index contributed by atoms with van der Waals surface area (Å²) in [7, 11) is 2.23. The normalized spacial score (nSPS) is 27.7. The van der Waals surface area contributed by atoms with Crippen molar-refractivity contribution in [3.8, 4) is 0 Å². The lowest BCUT2D eigenvalue weighted by molar-refractivity contribution is 0.182. The smallest absolute Gasteiger partial charge is 0.00795 e. The molecular weight excluding hydrogens is 232 g/mol. The number of hydrogen-bond donors (Lipinski definition) is 1. The van der Waals surface area contributed by atoms with Crippen LogP contribution in [0.5, 0.6) is 0 Å². The molecule has 0 bridgehead atoms. The average molecular weight is 260 g/mol. The van der Waals surface area contributed by atoms with Gasteiger partial charge in [0, 0.05) is 19.1 Å². The fraction of sp³-hybridized carbons (Fsp3) is 0.647. The van der Waals surface area contributed by atoms with Gasteiger partial charge in [-0.05, 0) is 50.1 Å². The maximum absolute atomic E-state index is 6.27. The largest absolute Gasteiger partial charge is 0.327 e. The molecule has 0 aliphatic heterocycles. The van der Waals surface area contributed by atoms with Crippen LogP contribution in [0.1, 0.15) is 31.7 Å². The van der Waals surface area contributed by atoms with E-state index in [0.29, 0.717) is 12.0 Å². The molecule has 1 aromatic rings. The molecule has 2 heteroatoms. The zero-order valence-corrected chi connectivity index (χ0v) is 12.4. The summed E-state index contributed by atoms with van der Waals surface area (Å²) in [5, 5.41) is 0. The van der Waals surface area contributed by atoms with Gasteiger partial charge in [0.15, 0.2) is 0 Å². The topological polar surface area (TPSA) is 29.3 Å². The third kappa shape index (κ3) is 4.63. The molecule has 3 atom stereocenters. The molecule has 0 aromatic heterocycles. The highest BCUT2D eigenvalue weighted by molar-refractivity contribution is 5.14. The molecule has 2 rings (SSSR count). The Balaban J connectivity index is 1.76. The number of nitrogens with two attached hydrogens (primary N) is 1. The van der Waals surface area contributed by atoms with Gasteiger partial charge < -0.3 is 10.6 Å². The maximum Gasteiger partial charge on any atom is 0.00795 e. The van der Waals surface area contributed by atoms with Crippen molar-refractivity contribution in [1.82, 2.24) is 4.90 Å². The van der Waals surface area contributed by atoms with Gasteiger partial charge in [-0.3, -0.25) is 0 Å². The molecule has 0 radical (unpaired) electrons. The van der Waals surface area contributed by atoms with E-state index in [9.17, 15) is 0 Å². The van der Waals surface area contributed by atoms with Crippen LogP contribution in [0.3, 0.4) is 0 Å². The summed E-state index contributed by atoms with van der Waals surface area (Å²) in [4.78, 5) is 2.45. The summed E-state index contributed by atoms with van der Waals surface area (Å²) in [5.74, 6) is 1.54. The summed E-state index contributed by atoms with van der Waals surface area (Å²) in [6, 6.07) is 11.2. The van der Waals surface area contributed by atoms with Gasteiger partial charge in [0.1, 0.15) is 0 Å². The van der Waals surface area contributed by atoms with Gasteiger partial charge in [0.25, 0.3) is 0 Å². The molecule has 0 spiro atoms. The maximum atomic E-state index is 6.27. The lowest BCUT2D eigenvalue weighted by Crippen LogP contribution is -2.42. The molecule has 1 saturated carbocycles. The minimum atomic E-state index is 0.412. The second kappa shape index (κ2) is 7.06. The van der Waals surface area contributed by atoms with Crippen molar-refractivity contribution in [3.63, 3.8) is 0 Å². The standard InChI is InChI=1S/C17H28N2/c1-14-8-9-17(18)16(12-14)13-19(2)11-10-15-6-4-3-5-7-15/h3-7,14,16-17H,8-13,18H2,1-2H3. The third-order valence-electron chi connectivity index (χ3n) is 4.47. The molecule has 0 heterocycles. The first-order valence-corrected chi connectivity index (χ1v) is 7.63. The van der Waals surface area contributed by atoms with Crippen molar-refractivity contribution in [2.24, 2.45) is 17.6 Å². The average Bonchev–Trinajstić information content (AvgIpc) is 2.42. The molecule has 1 aliphatic rings. The van der Waals surface area contributed by atoms with Crippen molar-refractivity contribution in [2.45, 2.75) is 38.6 Å². The van der Waals surface area contributed by atoms with E-state index in [-0.39, 0.29) is 0 Å². The first kappa shape index (κ1) is 14.5. The van der Waals surface area contributed by atoms with E-state index >= 15 is 0 Å². The van der Waals surface area contributed by atoms with Crippen LogP contribution in [0.2, 0.25) is 0 Å². The van der Waals surface area contributed by atoms with Gasteiger partial charge in [0.2, 0.25) is 0 Å². The van der Waals surface area contributed by atoms with E-state index in [1.54, 1.807) is 0 Å². The zero-order valence-electron chi connectivity index (χ0n) is 12.4. The number of likely N-dealkylation sites (N-methyl/N-ethyl adjacent to an activating group) is 1. The number of benzene rings is 1. The lowest BCUT2D eigenvalue weighted by Gasteiger charge is -2.35. The van der Waals surface area contributed by atoms with E-state index in [1.165, 1.54) is 24.8 Å². The van der Waals surface area contributed by atoms with Crippen LogP contribution >= 0.6 is 0 Å². The monoisotopic (exact) mass is 260 g/mol. The van der Waals surface area contributed by atoms with Crippen LogP contribution in [0.25, 0.3) is 0 Å². The Morgan fingerprint density at radius 2 is 1.95 bits per heavy atom. The lowest BCUT2D eigenvalue weighted by atomic mass is 9.79. The predicted molar refractivity (Wildman–Crippen MR) is 82.1 cm³/mol. The Kier molecular flexibility index (Phi) is 5.41. The summed E-state index contributed by atoms with van der Waals surface area (Å²) < 4.78 is 0. The molecule has 0 amide bonds. The zero-order chi connectivity index (χ0) is 13.7. The highest BCUT2D eigenvalue weighted by Gasteiger charge is 2.26. The van der Waals surface area contributed by atoms with Crippen molar-refractivity contribution >= 4 is 0 Å². The van der Waals surface area contributed by atoms with Crippen LogP contribution in [-0.2, 0) is 6.42 Å². The number of hydrogen-bond acceptors (Lipinski definition) is 2. The van der Waals surface area contributed by atoms with E-state index < -0.39 is 0 Å². The van der Waals surface area contributed by atoms with Gasteiger partial charge >= 0.3 is 0 Å². The van der Waals surface area contributed by atoms with Crippen LogP contribution in [0.4, 0.5) is 0 Å². The summed E-state index contributed by atoms with van der Waals surface area (Å²) in [5.41, 5.74) is 7.70. The molecule has 3 unspecified atom stereocenters. The van der Waals surface area contributed by atoms with Crippen molar-refractivity contribution in [2.75, 3.05) is 20.1 Å². The highest BCUT2D eigenvalue weighted by atomic mass is 15.1. The van der Waals surface area contributed by atoms with Crippen LogP contribution in [-0.4, -0.2) is 31.1 Å². The molecule has 0 saturated heterocycles. The van der Waals surface area contributed by atoms with E-state index in [0.717, 1.165) is 25.4 Å². The van der Waals surface area contributed by atoms with Crippen molar-refractivity contribution in [3.05, 3.63) is 35.9 Å². The Morgan fingerprint density at radius 1 is 1.21 bits per heavy atom. The fourth-order valence-corrected chi connectivity index (χ4v) is 3.19. The first-order chi connectivity index (χ1) is 9.15. The second-order valence-electron chi connectivity index (χ2n) is 6.34. The minimum Gasteiger partial charge on any atom is -0.327 e. The van der Waals surface area contributed by atoms with Gasteiger partial charge in [-0.25, -0.2) is 0 Å². The SMILES string of the molecule is CC1CCC(N)C(CN(C)CCc2ccccc2)C1.